The first-order valence-corrected chi connectivity index (χ1v) is 13.2. The monoisotopic (exact) mass is 526 g/mol. The highest BCUT2D eigenvalue weighted by Gasteiger charge is 2.50. The highest BCUT2D eigenvalue weighted by atomic mass is 19.1. The van der Waals surface area contributed by atoms with Crippen LogP contribution in [0.4, 0.5) is 10.2 Å². The van der Waals surface area contributed by atoms with E-state index in [0.29, 0.717) is 48.6 Å². The van der Waals surface area contributed by atoms with Crippen LogP contribution in [0, 0.1) is 5.82 Å². The number of rotatable bonds is 8. The molecular weight excluding hydrogens is 495 g/mol. The fourth-order valence-electron chi connectivity index (χ4n) is 5.40. The molecule has 9 heteroatoms. The molecule has 2 saturated heterocycles. The van der Waals surface area contributed by atoms with E-state index in [0.717, 1.165) is 24.2 Å². The van der Waals surface area contributed by atoms with Crippen molar-refractivity contribution in [3.05, 3.63) is 90.7 Å². The summed E-state index contributed by atoms with van der Waals surface area (Å²) in [6.07, 6.45) is 7.30. The van der Waals surface area contributed by atoms with Gasteiger partial charge >= 0.3 is 0 Å². The van der Waals surface area contributed by atoms with Crippen LogP contribution in [-0.4, -0.2) is 51.3 Å². The maximum atomic E-state index is 14.4. The second kappa shape index (κ2) is 10.7. The van der Waals surface area contributed by atoms with Crippen LogP contribution in [0.5, 0.6) is 11.5 Å². The van der Waals surface area contributed by atoms with E-state index < -0.39 is 0 Å². The van der Waals surface area contributed by atoms with Crippen LogP contribution in [0.2, 0.25) is 0 Å². The van der Waals surface area contributed by atoms with Crippen molar-refractivity contribution in [2.45, 2.75) is 44.4 Å². The molecule has 2 aromatic heterocycles. The fourth-order valence-corrected chi connectivity index (χ4v) is 5.40. The molecule has 0 radical (unpaired) electrons. The molecule has 2 aromatic carbocycles. The number of aromatic nitrogens is 4. The minimum Gasteiger partial charge on any atom is -0.451 e. The van der Waals surface area contributed by atoms with Gasteiger partial charge in [0.15, 0.2) is 11.6 Å². The molecule has 2 aliphatic rings. The molecule has 6 rings (SSSR count). The molecule has 4 heterocycles. The number of nitrogens with zero attached hydrogens (tertiary/aromatic N) is 5. The molecule has 2 fully saturated rings. The number of ether oxygens (including phenoxy) is 2. The Balaban J connectivity index is 1.17. The number of halogens is 1. The van der Waals surface area contributed by atoms with Gasteiger partial charge in [0.05, 0.1) is 31.6 Å². The van der Waals surface area contributed by atoms with E-state index in [-0.39, 0.29) is 17.3 Å². The van der Waals surface area contributed by atoms with Gasteiger partial charge in [0.1, 0.15) is 29.8 Å². The quantitative estimate of drug-likeness (QED) is 0.338. The summed E-state index contributed by atoms with van der Waals surface area (Å²) in [4.78, 5) is 19.5. The predicted octanol–water partition coefficient (Wildman–Crippen LogP) is 5.13. The molecule has 2 aliphatic heterocycles. The molecule has 8 nitrogen and oxygen atoms in total. The summed E-state index contributed by atoms with van der Waals surface area (Å²) < 4.78 is 27.0. The van der Waals surface area contributed by atoms with Crippen LogP contribution in [0.25, 0.3) is 11.1 Å². The van der Waals surface area contributed by atoms with E-state index in [1.165, 1.54) is 30.4 Å². The van der Waals surface area contributed by atoms with Gasteiger partial charge in [-0.3, -0.25) is 0 Å². The highest BCUT2D eigenvalue weighted by Crippen LogP contribution is 2.43. The highest BCUT2D eigenvalue weighted by molar-refractivity contribution is 5.73. The van der Waals surface area contributed by atoms with E-state index in [9.17, 15) is 4.39 Å². The van der Waals surface area contributed by atoms with Crippen molar-refractivity contribution in [2.75, 3.05) is 24.6 Å². The van der Waals surface area contributed by atoms with Crippen molar-refractivity contribution >= 4 is 5.82 Å². The second-order valence-corrected chi connectivity index (χ2v) is 10.5. The lowest BCUT2D eigenvalue weighted by molar-refractivity contribution is -0.0189. The first-order chi connectivity index (χ1) is 19.0. The van der Waals surface area contributed by atoms with Crippen molar-refractivity contribution < 1.29 is 13.9 Å². The molecule has 1 unspecified atom stereocenters. The maximum Gasteiger partial charge on any atom is 0.188 e. The second-order valence-electron chi connectivity index (χ2n) is 10.5. The third-order valence-corrected chi connectivity index (χ3v) is 7.30. The van der Waals surface area contributed by atoms with Crippen LogP contribution < -0.4 is 15.0 Å². The van der Waals surface area contributed by atoms with Gasteiger partial charge < -0.3 is 19.7 Å². The molecule has 0 amide bonds. The molecule has 0 aliphatic carbocycles. The summed E-state index contributed by atoms with van der Waals surface area (Å²) in [7, 11) is 0. The van der Waals surface area contributed by atoms with Gasteiger partial charge in [-0.1, -0.05) is 44.2 Å². The molecule has 4 aromatic rings. The van der Waals surface area contributed by atoms with Crippen LogP contribution in [-0.2, 0) is 11.3 Å². The van der Waals surface area contributed by atoms with E-state index in [4.69, 9.17) is 9.47 Å². The number of nitrogens with one attached hydrogen (secondary N) is 1. The molecule has 1 atom stereocenters. The number of benzene rings is 2. The van der Waals surface area contributed by atoms with Crippen molar-refractivity contribution in [3.8, 4) is 22.6 Å². The van der Waals surface area contributed by atoms with Crippen LogP contribution >= 0.6 is 0 Å². The fraction of sp³-hybridized carbons (Fsp3) is 0.333. The summed E-state index contributed by atoms with van der Waals surface area (Å²) in [5.74, 6) is 1.44. The first kappa shape index (κ1) is 25.3. The molecule has 1 spiro atoms. The summed E-state index contributed by atoms with van der Waals surface area (Å²) in [5, 5.41) is 3.62. The van der Waals surface area contributed by atoms with E-state index in [1.54, 1.807) is 18.5 Å². The minimum absolute atomic E-state index is 0.129. The Bertz CT molecular complexity index is 1440. The SMILES string of the molecule is CC(C)c1ncncc1-c1cc(F)ccc1Oc1cncnc1N1CC2(CC(NCc3ccccc3)CO2)C1. The Kier molecular flexibility index (Phi) is 6.93. The minimum atomic E-state index is -0.362. The predicted molar refractivity (Wildman–Crippen MR) is 146 cm³/mol. The lowest BCUT2D eigenvalue weighted by Crippen LogP contribution is -2.62. The number of hydrogen-bond donors (Lipinski definition) is 1. The van der Waals surface area contributed by atoms with Gasteiger partial charge in [0.25, 0.3) is 0 Å². The molecule has 39 heavy (non-hydrogen) atoms. The van der Waals surface area contributed by atoms with Gasteiger partial charge in [0.2, 0.25) is 0 Å². The average Bonchev–Trinajstić information content (AvgIpc) is 3.38. The zero-order valence-electron chi connectivity index (χ0n) is 22.0. The lowest BCUT2D eigenvalue weighted by Gasteiger charge is -2.47. The molecular formula is C30H31FN6O2. The topological polar surface area (TPSA) is 85.3 Å². The zero-order chi connectivity index (χ0) is 26.8. The van der Waals surface area contributed by atoms with E-state index in [1.807, 2.05) is 19.9 Å². The van der Waals surface area contributed by atoms with Gasteiger partial charge in [0, 0.05) is 29.9 Å². The Morgan fingerprint density at radius 3 is 2.64 bits per heavy atom. The molecule has 200 valence electrons. The smallest absolute Gasteiger partial charge is 0.188 e. The summed E-state index contributed by atoms with van der Waals surface area (Å²) in [6, 6.07) is 15.2. The van der Waals surface area contributed by atoms with E-state index >= 15 is 0 Å². The largest absolute Gasteiger partial charge is 0.451 e. The standard InChI is InChI=1S/C30H31FN6O2/c1-20(2)28-25(13-32-18-35-28)24-10-22(31)8-9-26(24)39-27-14-33-19-36-29(27)37-16-30(17-37)11-23(15-38-30)34-12-21-6-4-3-5-7-21/h3-10,13-14,18-20,23,34H,11-12,15-17H2,1-2H3. The summed E-state index contributed by atoms with van der Waals surface area (Å²) >= 11 is 0. The van der Waals surface area contributed by atoms with E-state index in [2.05, 4.69) is 54.4 Å². The maximum absolute atomic E-state index is 14.4. The van der Waals surface area contributed by atoms with Crippen molar-refractivity contribution in [3.63, 3.8) is 0 Å². The Labute approximate surface area is 227 Å². The number of hydrogen-bond acceptors (Lipinski definition) is 8. The average molecular weight is 527 g/mol. The van der Waals surface area contributed by atoms with Crippen LogP contribution in [0.15, 0.2) is 73.6 Å². The lowest BCUT2D eigenvalue weighted by atomic mass is 9.89. The zero-order valence-corrected chi connectivity index (χ0v) is 22.0. The van der Waals surface area contributed by atoms with Crippen LogP contribution in [0.1, 0.15) is 37.4 Å². The van der Waals surface area contributed by atoms with Crippen molar-refractivity contribution in [2.24, 2.45) is 0 Å². The summed E-state index contributed by atoms with van der Waals surface area (Å²) in [5.41, 5.74) is 3.20. The van der Waals surface area contributed by atoms with Gasteiger partial charge in [-0.25, -0.2) is 24.3 Å². The first-order valence-electron chi connectivity index (χ1n) is 13.2. The van der Waals surface area contributed by atoms with Gasteiger partial charge in [-0.15, -0.1) is 0 Å². The van der Waals surface area contributed by atoms with Gasteiger partial charge in [-0.2, -0.15) is 0 Å². The van der Waals surface area contributed by atoms with Gasteiger partial charge in [-0.05, 0) is 36.1 Å². The molecule has 1 N–H and O–H groups in total. The molecule has 0 saturated carbocycles. The third kappa shape index (κ3) is 5.32. The third-order valence-electron chi connectivity index (χ3n) is 7.30. The normalized spacial score (nSPS) is 17.9. The Morgan fingerprint density at radius 1 is 1.03 bits per heavy atom. The Hall–Kier alpha value is -3.95. The van der Waals surface area contributed by atoms with Crippen molar-refractivity contribution in [1.82, 2.24) is 25.3 Å². The number of anilines is 1. The van der Waals surface area contributed by atoms with Crippen molar-refractivity contribution in [1.29, 1.82) is 0 Å². The molecule has 0 bridgehead atoms. The summed E-state index contributed by atoms with van der Waals surface area (Å²) in [6.45, 7) is 7.02. The van der Waals surface area contributed by atoms with Crippen LogP contribution in [0.3, 0.4) is 0 Å². The Morgan fingerprint density at radius 2 is 1.82 bits per heavy atom.